The quantitative estimate of drug-likeness (QED) is 0.797. The Morgan fingerprint density at radius 1 is 1.35 bits per heavy atom. The van der Waals surface area contributed by atoms with Crippen molar-refractivity contribution in [2.24, 2.45) is 5.92 Å². The minimum absolute atomic E-state index is 0.531. The molecule has 0 amide bonds. The van der Waals surface area contributed by atoms with Crippen molar-refractivity contribution in [2.75, 3.05) is 13.2 Å². The molecule has 1 aliphatic rings. The number of benzene rings is 1. The summed E-state index contributed by atoms with van der Waals surface area (Å²) in [6, 6.07) is 5.93. The molecule has 0 aliphatic heterocycles. The van der Waals surface area contributed by atoms with Crippen LogP contribution in [0.3, 0.4) is 0 Å². The van der Waals surface area contributed by atoms with Crippen molar-refractivity contribution < 1.29 is 4.74 Å². The second-order valence-corrected chi connectivity index (χ2v) is 5.32. The highest BCUT2D eigenvalue weighted by Gasteiger charge is 2.27. The van der Waals surface area contributed by atoms with E-state index in [4.69, 9.17) is 27.9 Å². The Bertz CT molecular complexity index is 380. The van der Waals surface area contributed by atoms with Gasteiger partial charge in [-0.3, -0.25) is 0 Å². The lowest BCUT2D eigenvalue weighted by atomic mass is 10.2. The van der Waals surface area contributed by atoms with Gasteiger partial charge in [0.15, 0.2) is 0 Å². The van der Waals surface area contributed by atoms with E-state index in [1.807, 2.05) is 6.07 Å². The summed E-state index contributed by atoms with van der Waals surface area (Å²) in [5.41, 5.74) is 0. The maximum atomic E-state index is 5.90. The molecule has 1 fully saturated rings. The molecule has 1 aromatic carbocycles. The van der Waals surface area contributed by atoms with Crippen molar-refractivity contribution in [3.63, 3.8) is 0 Å². The Labute approximate surface area is 112 Å². The van der Waals surface area contributed by atoms with Gasteiger partial charge in [-0.2, -0.15) is 0 Å². The standard InChI is InChI=1S/C13H17Cl2NO/c1-9(10-2-3-10)16-6-7-17-11-4-5-12(14)13(15)8-11/h4-5,8-10,16H,2-3,6-7H2,1H3. The number of hydrogen-bond acceptors (Lipinski definition) is 2. The largest absolute Gasteiger partial charge is 0.492 e. The fourth-order valence-electron chi connectivity index (χ4n) is 1.79. The van der Waals surface area contributed by atoms with E-state index < -0.39 is 0 Å². The zero-order chi connectivity index (χ0) is 12.3. The van der Waals surface area contributed by atoms with Crippen LogP contribution in [-0.2, 0) is 0 Å². The van der Waals surface area contributed by atoms with Crippen LogP contribution >= 0.6 is 23.2 Å². The van der Waals surface area contributed by atoms with Crippen LogP contribution in [0.1, 0.15) is 19.8 Å². The monoisotopic (exact) mass is 273 g/mol. The predicted octanol–water partition coefficient (Wildman–Crippen LogP) is 3.76. The minimum atomic E-state index is 0.531. The average Bonchev–Trinajstić information content (AvgIpc) is 3.13. The smallest absolute Gasteiger partial charge is 0.120 e. The van der Waals surface area contributed by atoms with Crippen molar-refractivity contribution in [1.29, 1.82) is 0 Å². The summed E-state index contributed by atoms with van der Waals surface area (Å²) in [6.45, 7) is 3.74. The van der Waals surface area contributed by atoms with Gasteiger partial charge in [-0.1, -0.05) is 23.2 Å². The molecule has 0 bridgehead atoms. The van der Waals surface area contributed by atoms with Crippen molar-refractivity contribution in [1.82, 2.24) is 5.32 Å². The Balaban J connectivity index is 1.68. The Hall–Kier alpha value is -0.440. The molecule has 0 heterocycles. The zero-order valence-corrected chi connectivity index (χ0v) is 11.4. The predicted molar refractivity (Wildman–Crippen MR) is 72.1 cm³/mol. The molecule has 0 saturated heterocycles. The van der Waals surface area contributed by atoms with E-state index in [0.29, 0.717) is 22.7 Å². The van der Waals surface area contributed by atoms with Crippen LogP contribution in [0, 0.1) is 5.92 Å². The van der Waals surface area contributed by atoms with Crippen molar-refractivity contribution in [3.8, 4) is 5.75 Å². The van der Waals surface area contributed by atoms with Gasteiger partial charge in [-0.05, 0) is 37.8 Å². The third kappa shape index (κ3) is 4.06. The van der Waals surface area contributed by atoms with Crippen molar-refractivity contribution >= 4 is 23.2 Å². The van der Waals surface area contributed by atoms with Crippen LogP contribution in [0.2, 0.25) is 10.0 Å². The van der Waals surface area contributed by atoms with E-state index in [1.54, 1.807) is 12.1 Å². The molecule has 2 rings (SSSR count). The number of nitrogens with one attached hydrogen (secondary N) is 1. The summed E-state index contributed by atoms with van der Waals surface area (Å²) < 4.78 is 5.59. The Kier molecular flexibility index (Phi) is 4.55. The molecule has 94 valence electrons. The van der Waals surface area contributed by atoms with Crippen LogP contribution in [0.5, 0.6) is 5.75 Å². The summed E-state index contributed by atoms with van der Waals surface area (Å²) in [5.74, 6) is 1.64. The molecule has 1 N–H and O–H groups in total. The van der Waals surface area contributed by atoms with E-state index >= 15 is 0 Å². The Morgan fingerprint density at radius 2 is 2.12 bits per heavy atom. The molecule has 4 heteroatoms. The van der Waals surface area contributed by atoms with Crippen LogP contribution < -0.4 is 10.1 Å². The summed E-state index contributed by atoms with van der Waals surface area (Å²) in [6.07, 6.45) is 2.73. The van der Waals surface area contributed by atoms with Crippen LogP contribution in [-0.4, -0.2) is 19.2 Å². The third-order valence-electron chi connectivity index (χ3n) is 3.06. The number of halogens is 2. The first-order valence-corrected chi connectivity index (χ1v) is 6.73. The average molecular weight is 274 g/mol. The second kappa shape index (κ2) is 5.94. The molecule has 1 atom stereocenters. The normalized spacial score (nSPS) is 16.9. The van der Waals surface area contributed by atoms with Gasteiger partial charge in [-0.25, -0.2) is 0 Å². The first-order chi connectivity index (χ1) is 8.16. The van der Waals surface area contributed by atoms with Gasteiger partial charge < -0.3 is 10.1 Å². The molecule has 1 saturated carbocycles. The van der Waals surface area contributed by atoms with E-state index in [9.17, 15) is 0 Å². The SMILES string of the molecule is CC(NCCOc1ccc(Cl)c(Cl)c1)C1CC1. The van der Waals surface area contributed by atoms with Gasteiger partial charge in [0.05, 0.1) is 10.0 Å². The van der Waals surface area contributed by atoms with Gasteiger partial charge >= 0.3 is 0 Å². The molecule has 1 aliphatic carbocycles. The minimum Gasteiger partial charge on any atom is -0.492 e. The molecule has 1 aromatic rings. The summed E-state index contributed by atoms with van der Waals surface area (Å²) in [7, 11) is 0. The highest BCUT2D eigenvalue weighted by molar-refractivity contribution is 6.42. The zero-order valence-electron chi connectivity index (χ0n) is 9.88. The molecule has 0 spiro atoms. The second-order valence-electron chi connectivity index (χ2n) is 4.50. The van der Waals surface area contributed by atoms with Gasteiger partial charge in [-0.15, -0.1) is 0 Å². The number of rotatable bonds is 6. The molecule has 0 radical (unpaired) electrons. The van der Waals surface area contributed by atoms with Gasteiger partial charge in [0, 0.05) is 18.7 Å². The molecule has 0 aromatic heterocycles. The van der Waals surface area contributed by atoms with Crippen LogP contribution in [0.25, 0.3) is 0 Å². The lowest BCUT2D eigenvalue weighted by Crippen LogP contribution is -2.31. The van der Waals surface area contributed by atoms with E-state index in [2.05, 4.69) is 12.2 Å². The van der Waals surface area contributed by atoms with E-state index in [-0.39, 0.29) is 0 Å². The maximum absolute atomic E-state index is 5.90. The van der Waals surface area contributed by atoms with E-state index in [0.717, 1.165) is 18.2 Å². The first-order valence-electron chi connectivity index (χ1n) is 5.98. The highest BCUT2D eigenvalue weighted by atomic mass is 35.5. The molecular weight excluding hydrogens is 257 g/mol. The fourth-order valence-corrected chi connectivity index (χ4v) is 2.07. The number of hydrogen-bond donors (Lipinski definition) is 1. The first kappa shape index (κ1) is 13.0. The molecule has 17 heavy (non-hydrogen) atoms. The molecule has 1 unspecified atom stereocenters. The number of ether oxygens (including phenoxy) is 1. The summed E-state index contributed by atoms with van der Waals surface area (Å²) in [4.78, 5) is 0. The van der Waals surface area contributed by atoms with Crippen molar-refractivity contribution in [3.05, 3.63) is 28.2 Å². The van der Waals surface area contributed by atoms with Gasteiger partial charge in [0.1, 0.15) is 12.4 Å². The third-order valence-corrected chi connectivity index (χ3v) is 3.80. The van der Waals surface area contributed by atoms with Gasteiger partial charge in [0.2, 0.25) is 0 Å². The highest BCUT2D eigenvalue weighted by Crippen LogP contribution is 2.32. The lowest BCUT2D eigenvalue weighted by molar-refractivity contribution is 0.303. The topological polar surface area (TPSA) is 21.3 Å². The Morgan fingerprint density at radius 3 is 2.76 bits per heavy atom. The molecule has 2 nitrogen and oxygen atoms in total. The fraction of sp³-hybridized carbons (Fsp3) is 0.538. The van der Waals surface area contributed by atoms with Gasteiger partial charge in [0.25, 0.3) is 0 Å². The van der Waals surface area contributed by atoms with E-state index in [1.165, 1.54) is 12.8 Å². The maximum Gasteiger partial charge on any atom is 0.120 e. The summed E-state index contributed by atoms with van der Waals surface area (Å²) >= 11 is 11.7. The van der Waals surface area contributed by atoms with Crippen LogP contribution in [0.4, 0.5) is 0 Å². The molecular formula is C13H17Cl2NO. The lowest BCUT2D eigenvalue weighted by Gasteiger charge is -2.13. The van der Waals surface area contributed by atoms with Crippen molar-refractivity contribution in [2.45, 2.75) is 25.8 Å². The van der Waals surface area contributed by atoms with Crippen LogP contribution in [0.15, 0.2) is 18.2 Å². The summed E-state index contributed by atoms with van der Waals surface area (Å²) in [5, 5.41) is 4.54.